The van der Waals surface area contributed by atoms with Crippen LogP contribution in [0.2, 0.25) is 0 Å². The highest BCUT2D eigenvalue weighted by molar-refractivity contribution is 5.86. The molecule has 1 amide bonds. The van der Waals surface area contributed by atoms with Gasteiger partial charge in [0, 0.05) is 0 Å². The van der Waals surface area contributed by atoms with Crippen LogP contribution in [0.4, 0.5) is 10.5 Å². The number of unbranched alkanes of at least 4 members (excludes halogenated alkanes) is 1. The van der Waals surface area contributed by atoms with E-state index in [0.29, 0.717) is 5.69 Å². The zero-order chi connectivity index (χ0) is 14.5. The molecule has 0 bridgehead atoms. The summed E-state index contributed by atoms with van der Waals surface area (Å²) >= 11 is 0. The molecule has 0 aliphatic heterocycles. The summed E-state index contributed by atoms with van der Waals surface area (Å²) in [4.78, 5) is 11.6. The van der Waals surface area contributed by atoms with Crippen molar-refractivity contribution in [1.82, 2.24) is 0 Å². The molecule has 0 aromatic heterocycles. The lowest BCUT2D eigenvalue weighted by molar-refractivity contribution is 0.0635. The van der Waals surface area contributed by atoms with Crippen molar-refractivity contribution in [1.29, 1.82) is 0 Å². The minimum Gasteiger partial charge on any atom is -0.506 e. The number of rotatable bonds is 4. The number of aromatic hydroxyl groups is 1. The van der Waals surface area contributed by atoms with E-state index in [4.69, 9.17) is 4.74 Å². The molecule has 0 unspecified atom stereocenters. The molecule has 1 aromatic rings. The number of carbonyl (C=O) groups is 1. The van der Waals surface area contributed by atoms with Gasteiger partial charge in [-0.3, -0.25) is 5.32 Å². The minimum absolute atomic E-state index is 0.0689. The first kappa shape index (κ1) is 15.3. The molecule has 4 heteroatoms. The highest BCUT2D eigenvalue weighted by Gasteiger charge is 2.17. The summed E-state index contributed by atoms with van der Waals surface area (Å²) in [6, 6.07) is 5.29. The molecule has 0 radical (unpaired) electrons. The van der Waals surface area contributed by atoms with Gasteiger partial charge in [-0.05, 0) is 51.3 Å². The zero-order valence-corrected chi connectivity index (χ0v) is 12.1. The number of phenols is 1. The average Bonchev–Trinajstić information content (AvgIpc) is 2.27. The maximum absolute atomic E-state index is 11.6. The molecule has 0 saturated heterocycles. The van der Waals surface area contributed by atoms with Crippen molar-refractivity contribution >= 4 is 11.8 Å². The molecular formula is C15H23NO3. The number of benzene rings is 1. The van der Waals surface area contributed by atoms with Crippen molar-refractivity contribution in [3.05, 3.63) is 23.8 Å². The van der Waals surface area contributed by atoms with E-state index < -0.39 is 11.7 Å². The maximum Gasteiger partial charge on any atom is 0.412 e. The molecule has 0 heterocycles. The molecule has 0 atom stereocenters. The lowest BCUT2D eigenvalue weighted by Gasteiger charge is -2.20. The fourth-order valence-electron chi connectivity index (χ4n) is 1.63. The number of amides is 1. The molecular weight excluding hydrogens is 242 g/mol. The predicted octanol–water partition coefficient (Wildman–Crippen LogP) is 4.08. The third kappa shape index (κ3) is 5.64. The van der Waals surface area contributed by atoms with E-state index >= 15 is 0 Å². The van der Waals surface area contributed by atoms with Gasteiger partial charge in [-0.1, -0.05) is 19.4 Å². The Hall–Kier alpha value is -1.71. The number of ether oxygens (including phenoxy) is 1. The van der Waals surface area contributed by atoms with E-state index in [9.17, 15) is 9.90 Å². The minimum atomic E-state index is -0.566. The highest BCUT2D eigenvalue weighted by Crippen LogP contribution is 2.25. The van der Waals surface area contributed by atoms with Crippen molar-refractivity contribution in [2.24, 2.45) is 0 Å². The number of phenolic OH excluding ortho intramolecular Hbond substituents is 1. The van der Waals surface area contributed by atoms with Gasteiger partial charge in [0.2, 0.25) is 0 Å². The van der Waals surface area contributed by atoms with Crippen LogP contribution in [-0.2, 0) is 11.2 Å². The highest BCUT2D eigenvalue weighted by atomic mass is 16.6. The molecule has 106 valence electrons. The lowest BCUT2D eigenvalue weighted by Crippen LogP contribution is -2.27. The summed E-state index contributed by atoms with van der Waals surface area (Å²) in [7, 11) is 0. The van der Waals surface area contributed by atoms with Gasteiger partial charge >= 0.3 is 6.09 Å². The van der Waals surface area contributed by atoms with E-state index in [1.807, 2.05) is 6.07 Å². The quantitative estimate of drug-likeness (QED) is 0.806. The molecule has 19 heavy (non-hydrogen) atoms. The second-order valence-electron chi connectivity index (χ2n) is 5.58. The van der Waals surface area contributed by atoms with Crippen LogP contribution < -0.4 is 5.32 Å². The number of hydrogen-bond donors (Lipinski definition) is 2. The van der Waals surface area contributed by atoms with E-state index in [1.54, 1.807) is 32.9 Å². The summed E-state index contributed by atoms with van der Waals surface area (Å²) in [5, 5.41) is 12.4. The summed E-state index contributed by atoms with van der Waals surface area (Å²) in [6.07, 6.45) is 2.55. The van der Waals surface area contributed by atoms with Gasteiger partial charge in [0.1, 0.15) is 11.4 Å². The Labute approximate surface area is 114 Å². The van der Waals surface area contributed by atoms with E-state index in [0.717, 1.165) is 24.8 Å². The second-order valence-corrected chi connectivity index (χ2v) is 5.58. The van der Waals surface area contributed by atoms with Gasteiger partial charge < -0.3 is 9.84 Å². The monoisotopic (exact) mass is 265 g/mol. The molecule has 0 saturated carbocycles. The Bertz CT molecular complexity index is 436. The first-order chi connectivity index (χ1) is 8.81. The third-order valence-corrected chi connectivity index (χ3v) is 2.52. The molecule has 0 fully saturated rings. The Balaban J connectivity index is 2.67. The van der Waals surface area contributed by atoms with Crippen LogP contribution in [0.5, 0.6) is 5.75 Å². The Morgan fingerprint density at radius 3 is 2.58 bits per heavy atom. The van der Waals surface area contributed by atoms with Crippen molar-refractivity contribution in [3.63, 3.8) is 0 Å². The van der Waals surface area contributed by atoms with Crippen LogP contribution in [0.1, 0.15) is 46.1 Å². The van der Waals surface area contributed by atoms with Gasteiger partial charge in [-0.25, -0.2) is 4.79 Å². The van der Waals surface area contributed by atoms with Crippen molar-refractivity contribution < 1.29 is 14.6 Å². The number of nitrogens with one attached hydrogen (secondary N) is 1. The first-order valence-corrected chi connectivity index (χ1v) is 6.63. The zero-order valence-electron chi connectivity index (χ0n) is 12.1. The Morgan fingerprint density at radius 1 is 1.37 bits per heavy atom. The van der Waals surface area contributed by atoms with Crippen LogP contribution in [0, 0.1) is 0 Å². The van der Waals surface area contributed by atoms with Gasteiger partial charge in [0.15, 0.2) is 0 Å². The number of carbonyl (C=O) groups excluding carboxylic acids is 1. The number of anilines is 1. The van der Waals surface area contributed by atoms with Crippen LogP contribution in [0.25, 0.3) is 0 Å². The predicted molar refractivity (Wildman–Crippen MR) is 76.6 cm³/mol. The summed E-state index contributed by atoms with van der Waals surface area (Å²) < 4.78 is 5.13. The summed E-state index contributed by atoms with van der Waals surface area (Å²) in [5.74, 6) is 0.0689. The van der Waals surface area contributed by atoms with Crippen LogP contribution in [0.15, 0.2) is 18.2 Å². The molecule has 0 aliphatic carbocycles. The van der Waals surface area contributed by atoms with Gasteiger partial charge in [-0.15, -0.1) is 0 Å². The van der Waals surface area contributed by atoms with Crippen molar-refractivity contribution in [2.45, 2.75) is 52.6 Å². The van der Waals surface area contributed by atoms with Gasteiger partial charge in [0.25, 0.3) is 0 Å². The van der Waals surface area contributed by atoms with E-state index in [-0.39, 0.29) is 5.75 Å². The maximum atomic E-state index is 11.6. The molecule has 0 spiro atoms. The fraction of sp³-hybridized carbons (Fsp3) is 0.533. The number of hydrogen-bond acceptors (Lipinski definition) is 3. The Morgan fingerprint density at radius 2 is 2.05 bits per heavy atom. The summed E-state index contributed by atoms with van der Waals surface area (Å²) in [6.45, 7) is 7.50. The smallest absolute Gasteiger partial charge is 0.412 e. The van der Waals surface area contributed by atoms with Gasteiger partial charge in [-0.2, -0.15) is 0 Å². The van der Waals surface area contributed by atoms with Crippen LogP contribution in [0.3, 0.4) is 0 Å². The largest absolute Gasteiger partial charge is 0.506 e. The first-order valence-electron chi connectivity index (χ1n) is 6.63. The number of aryl methyl sites for hydroxylation is 1. The van der Waals surface area contributed by atoms with E-state index in [2.05, 4.69) is 12.2 Å². The standard InChI is InChI=1S/C15H23NO3/c1-5-6-7-11-8-9-12(13(17)10-11)16-14(18)19-15(2,3)4/h8-10,17H,5-7H2,1-4H3,(H,16,18). The molecule has 1 rings (SSSR count). The molecule has 0 aliphatic rings. The second kappa shape index (κ2) is 6.45. The van der Waals surface area contributed by atoms with Crippen LogP contribution >= 0.6 is 0 Å². The summed E-state index contributed by atoms with van der Waals surface area (Å²) in [5.41, 5.74) is 0.879. The van der Waals surface area contributed by atoms with Crippen molar-refractivity contribution in [2.75, 3.05) is 5.32 Å². The topological polar surface area (TPSA) is 58.6 Å². The third-order valence-electron chi connectivity index (χ3n) is 2.52. The normalized spacial score (nSPS) is 11.2. The van der Waals surface area contributed by atoms with E-state index in [1.165, 1.54) is 0 Å². The van der Waals surface area contributed by atoms with Gasteiger partial charge in [0.05, 0.1) is 5.69 Å². The fourth-order valence-corrected chi connectivity index (χ4v) is 1.63. The lowest BCUT2D eigenvalue weighted by atomic mass is 10.1. The molecule has 4 nitrogen and oxygen atoms in total. The average molecular weight is 265 g/mol. The SMILES string of the molecule is CCCCc1ccc(NC(=O)OC(C)(C)C)c(O)c1. The molecule has 1 aromatic carbocycles. The molecule has 2 N–H and O–H groups in total. The van der Waals surface area contributed by atoms with Crippen LogP contribution in [-0.4, -0.2) is 16.8 Å². The Kier molecular flexibility index (Phi) is 5.21. The van der Waals surface area contributed by atoms with Crippen molar-refractivity contribution in [3.8, 4) is 5.75 Å².